The van der Waals surface area contributed by atoms with Crippen LogP contribution in [0.15, 0.2) is 47.4 Å². The van der Waals surface area contributed by atoms with Crippen molar-refractivity contribution in [1.29, 1.82) is 0 Å². The number of ether oxygens (including phenoxy) is 1. The Morgan fingerprint density at radius 2 is 1.85 bits per heavy atom. The van der Waals surface area contributed by atoms with Crippen molar-refractivity contribution in [3.63, 3.8) is 0 Å². The molecular weight excluding hydrogens is 396 g/mol. The van der Waals surface area contributed by atoms with Crippen LogP contribution in [0, 0.1) is 0 Å². The smallest absolute Gasteiger partial charge is 0.312 e. The number of amides is 3. The number of primary amides is 1. The maximum absolute atomic E-state index is 12.6. The molecule has 0 spiro atoms. The van der Waals surface area contributed by atoms with Gasteiger partial charge in [-0.2, -0.15) is 0 Å². The zero-order valence-corrected chi connectivity index (χ0v) is 15.7. The molecule has 0 unspecified atom stereocenters. The van der Waals surface area contributed by atoms with Crippen LogP contribution >= 0.6 is 11.6 Å². The lowest BCUT2D eigenvalue weighted by Crippen LogP contribution is -2.36. The molecule has 27 heavy (non-hydrogen) atoms. The summed E-state index contributed by atoms with van der Waals surface area (Å²) in [6.45, 7) is -0.382. The molecule has 9 nitrogen and oxygen atoms in total. The molecule has 144 valence electrons. The maximum atomic E-state index is 12.6. The van der Waals surface area contributed by atoms with Gasteiger partial charge >= 0.3 is 6.03 Å². The number of nitrogens with two attached hydrogens (primary N) is 1. The number of para-hydroxylation sites is 1. The Labute approximate surface area is 160 Å². The Morgan fingerprint density at radius 3 is 2.48 bits per heavy atom. The molecule has 0 aliphatic carbocycles. The highest BCUT2D eigenvalue weighted by Crippen LogP contribution is 2.29. The molecule has 0 fully saturated rings. The van der Waals surface area contributed by atoms with Crippen molar-refractivity contribution in [2.45, 2.75) is 4.90 Å². The fraction of sp³-hybridized carbons (Fsp3) is 0.125. The number of nitrogens with one attached hydrogen (secondary N) is 3. The van der Waals surface area contributed by atoms with Gasteiger partial charge in [0.1, 0.15) is 5.75 Å². The zero-order chi connectivity index (χ0) is 20.0. The molecular formula is C16H17ClN4O5S. The third-order valence-corrected chi connectivity index (χ3v) is 4.99. The van der Waals surface area contributed by atoms with E-state index < -0.39 is 22.0 Å². The molecule has 2 aromatic carbocycles. The Morgan fingerprint density at radius 1 is 1.15 bits per heavy atom. The standard InChI is InChI=1S/C16H17ClN4O5S/c1-26-14-7-6-10(8-13(14)20-15(22)9-19-16(18)23)27(24,25)21-12-5-3-2-4-11(12)17/h2-8,21H,9H2,1H3,(H,20,22)(H3,18,19,23). The molecule has 2 aromatic rings. The van der Waals surface area contributed by atoms with Crippen LogP contribution in [0.2, 0.25) is 5.02 Å². The summed E-state index contributed by atoms with van der Waals surface area (Å²) in [6, 6.07) is 9.42. The van der Waals surface area contributed by atoms with E-state index in [0.29, 0.717) is 0 Å². The van der Waals surface area contributed by atoms with Crippen molar-refractivity contribution in [3.05, 3.63) is 47.5 Å². The van der Waals surface area contributed by atoms with Gasteiger partial charge in [-0.1, -0.05) is 23.7 Å². The van der Waals surface area contributed by atoms with Crippen molar-refractivity contribution < 1.29 is 22.7 Å². The van der Waals surface area contributed by atoms with Gasteiger partial charge < -0.3 is 21.1 Å². The average molecular weight is 413 g/mol. The van der Waals surface area contributed by atoms with Crippen molar-refractivity contribution in [1.82, 2.24) is 5.32 Å². The van der Waals surface area contributed by atoms with Crippen molar-refractivity contribution in [2.75, 3.05) is 23.7 Å². The van der Waals surface area contributed by atoms with E-state index in [1.54, 1.807) is 18.2 Å². The molecule has 0 aromatic heterocycles. The molecule has 0 heterocycles. The quantitative estimate of drug-likeness (QED) is 0.548. The van der Waals surface area contributed by atoms with Gasteiger partial charge in [0, 0.05) is 0 Å². The summed E-state index contributed by atoms with van der Waals surface area (Å²) in [5, 5.41) is 4.82. The second-order valence-electron chi connectivity index (χ2n) is 5.21. The van der Waals surface area contributed by atoms with E-state index in [1.165, 1.54) is 31.4 Å². The fourth-order valence-corrected chi connectivity index (χ4v) is 3.41. The Bertz CT molecular complexity index is 965. The van der Waals surface area contributed by atoms with Crippen molar-refractivity contribution in [2.24, 2.45) is 5.73 Å². The van der Waals surface area contributed by atoms with E-state index in [9.17, 15) is 18.0 Å². The van der Waals surface area contributed by atoms with Gasteiger partial charge in [-0.05, 0) is 30.3 Å². The minimum Gasteiger partial charge on any atom is -0.495 e. The van der Waals surface area contributed by atoms with Gasteiger partial charge in [-0.3, -0.25) is 9.52 Å². The van der Waals surface area contributed by atoms with Crippen LogP contribution in [0.25, 0.3) is 0 Å². The minimum absolute atomic E-state index is 0.107. The van der Waals surface area contributed by atoms with Gasteiger partial charge in [-0.15, -0.1) is 0 Å². The molecule has 0 bridgehead atoms. The van der Waals surface area contributed by atoms with E-state index in [4.69, 9.17) is 22.1 Å². The number of anilines is 2. The largest absolute Gasteiger partial charge is 0.495 e. The number of hydrogen-bond donors (Lipinski definition) is 4. The van der Waals surface area contributed by atoms with Crippen LogP contribution in [0.3, 0.4) is 0 Å². The monoisotopic (exact) mass is 412 g/mol. The molecule has 2 rings (SSSR count). The second-order valence-corrected chi connectivity index (χ2v) is 7.30. The molecule has 0 aliphatic rings. The first-order valence-electron chi connectivity index (χ1n) is 7.51. The van der Waals surface area contributed by atoms with Crippen LogP contribution < -0.4 is 25.8 Å². The number of halogens is 1. The van der Waals surface area contributed by atoms with E-state index in [0.717, 1.165) is 0 Å². The van der Waals surface area contributed by atoms with Gasteiger partial charge in [-0.25, -0.2) is 13.2 Å². The number of benzene rings is 2. The number of rotatable bonds is 7. The fourth-order valence-electron chi connectivity index (χ4n) is 2.06. The van der Waals surface area contributed by atoms with Crippen LogP contribution in [-0.2, 0) is 14.8 Å². The molecule has 0 aliphatic heterocycles. The number of carbonyl (C=O) groups excluding carboxylic acids is 2. The van der Waals surface area contributed by atoms with E-state index >= 15 is 0 Å². The Balaban J connectivity index is 2.28. The maximum Gasteiger partial charge on any atom is 0.312 e. The second kappa shape index (κ2) is 8.60. The predicted octanol–water partition coefficient (Wildman–Crippen LogP) is 1.76. The van der Waals surface area contributed by atoms with Gasteiger partial charge in [0.15, 0.2) is 0 Å². The number of methoxy groups -OCH3 is 1. The Hall–Kier alpha value is -2.98. The third-order valence-electron chi connectivity index (χ3n) is 3.30. The zero-order valence-electron chi connectivity index (χ0n) is 14.2. The SMILES string of the molecule is COc1ccc(S(=O)(=O)Nc2ccccc2Cl)cc1NC(=O)CNC(N)=O. The van der Waals surface area contributed by atoms with Crippen molar-refractivity contribution in [3.8, 4) is 5.75 Å². The van der Waals surface area contributed by atoms with Crippen LogP contribution in [0.1, 0.15) is 0 Å². The van der Waals surface area contributed by atoms with Gasteiger partial charge in [0.2, 0.25) is 5.91 Å². The van der Waals surface area contributed by atoms with Crippen LogP contribution in [0.4, 0.5) is 16.2 Å². The number of hydrogen-bond acceptors (Lipinski definition) is 5. The van der Waals surface area contributed by atoms with Gasteiger partial charge in [0.25, 0.3) is 10.0 Å². The Kier molecular flexibility index (Phi) is 6.48. The summed E-state index contributed by atoms with van der Waals surface area (Å²) in [5.41, 5.74) is 5.23. The number of carbonyl (C=O) groups is 2. The van der Waals surface area contributed by atoms with Crippen LogP contribution in [-0.4, -0.2) is 34.0 Å². The van der Waals surface area contributed by atoms with E-state index in [1.807, 2.05) is 0 Å². The summed E-state index contributed by atoms with van der Waals surface area (Å²) in [7, 11) is -2.61. The molecule has 0 saturated heterocycles. The molecule has 3 amide bonds. The highest BCUT2D eigenvalue weighted by Gasteiger charge is 2.19. The topological polar surface area (TPSA) is 140 Å². The number of urea groups is 1. The first-order valence-corrected chi connectivity index (χ1v) is 9.37. The van der Waals surface area contributed by atoms with E-state index in [-0.39, 0.29) is 33.6 Å². The molecule has 0 saturated carbocycles. The lowest BCUT2D eigenvalue weighted by Gasteiger charge is -2.14. The summed E-state index contributed by atoms with van der Waals surface area (Å²) >= 11 is 5.98. The first kappa shape index (κ1) is 20.3. The minimum atomic E-state index is -3.98. The van der Waals surface area contributed by atoms with Crippen LogP contribution in [0.5, 0.6) is 5.75 Å². The molecule has 0 atom stereocenters. The number of sulfonamides is 1. The summed E-state index contributed by atoms with van der Waals surface area (Å²) in [4.78, 5) is 22.4. The van der Waals surface area contributed by atoms with Crippen molar-refractivity contribution >= 4 is 44.9 Å². The van der Waals surface area contributed by atoms with Gasteiger partial charge in [0.05, 0.1) is 34.9 Å². The third kappa shape index (κ3) is 5.50. The predicted molar refractivity (Wildman–Crippen MR) is 101 cm³/mol. The molecule has 5 N–H and O–H groups in total. The molecule has 11 heteroatoms. The first-order chi connectivity index (χ1) is 12.7. The lowest BCUT2D eigenvalue weighted by molar-refractivity contribution is -0.115. The average Bonchev–Trinajstić information content (AvgIpc) is 2.61. The summed E-state index contributed by atoms with van der Waals surface area (Å²) in [6.07, 6.45) is 0. The normalized spacial score (nSPS) is 10.7. The lowest BCUT2D eigenvalue weighted by atomic mass is 10.3. The highest BCUT2D eigenvalue weighted by atomic mass is 35.5. The summed E-state index contributed by atoms with van der Waals surface area (Å²) < 4.78 is 32.7. The highest BCUT2D eigenvalue weighted by molar-refractivity contribution is 7.92. The van der Waals surface area contributed by atoms with E-state index in [2.05, 4.69) is 15.4 Å². The molecule has 0 radical (unpaired) electrons. The summed E-state index contributed by atoms with van der Waals surface area (Å²) in [5.74, 6) is -0.375.